The highest BCUT2D eigenvalue weighted by molar-refractivity contribution is 5.98. The van der Waals surface area contributed by atoms with Crippen molar-refractivity contribution in [3.8, 4) is 40.3 Å². The van der Waals surface area contributed by atoms with Gasteiger partial charge >= 0.3 is 6.01 Å². The molecular weight excluding hydrogens is 464 g/mol. The van der Waals surface area contributed by atoms with Crippen molar-refractivity contribution in [2.45, 2.75) is 20.1 Å². The highest BCUT2D eigenvalue weighted by atomic mass is 16.5. The number of carbonyl (C=O) groups is 1. The van der Waals surface area contributed by atoms with Crippen molar-refractivity contribution in [2.24, 2.45) is 0 Å². The third-order valence-corrected chi connectivity index (χ3v) is 5.79. The molecule has 3 aromatic carbocycles. The van der Waals surface area contributed by atoms with E-state index in [0.717, 1.165) is 11.6 Å². The Kier molecular flexibility index (Phi) is 6.80. The van der Waals surface area contributed by atoms with E-state index in [-0.39, 0.29) is 35.1 Å². The Morgan fingerprint density at radius 1 is 0.972 bits per heavy atom. The zero-order valence-corrected chi connectivity index (χ0v) is 20.0. The van der Waals surface area contributed by atoms with Crippen LogP contribution in [0.3, 0.4) is 0 Å². The van der Waals surface area contributed by atoms with Gasteiger partial charge in [0.25, 0.3) is 5.91 Å². The Hall–Kier alpha value is -4.57. The van der Waals surface area contributed by atoms with Crippen LogP contribution in [0.4, 0.5) is 0 Å². The van der Waals surface area contributed by atoms with E-state index in [1.54, 1.807) is 37.3 Å². The van der Waals surface area contributed by atoms with E-state index in [1.807, 2.05) is 19.1 Å². The van der Waals surface area contributed by atoms with Crippen LogP contribution in [0, 0.1) is 6.92 Å². The number of aromatic hydroxyl groups is 4. The molecule has 1 amide bonds. The lowest BCUT2D eigenvalue weighted by Gasteiger charge is -2.29. The Labute approximate surface area is 207 Å². The monoisotopic (exact) mass is 490 g/mol. The lowest BCUT2D eigenvalue weighted by molar-refractivity contribution is -0.0338. The Morgan fingerprint density at radius 2 is 1.67 bits per heavy atom. The molecule has 0 bridgehead atoms. The maximum atomic E-state index is 13.5. The molecule has 0 aliphatic rings. The molecule has 1 heterocycles. The smallest absolute Gasteiger partial charge is 0.319 e. The van der Waals surface area contributed by atoms with Crippen LogP contribution in [-0.2, 0) is 4.74 Å². The van der Waals surface area contributed by atoms with Crippen molar-refractivity contribution in [3.63, 3.8) is 0 Å². The summed E-state index contributed by atoms with van der Waals surface area (Å²) in [5, 5.41) is 49.7. The molecule has 0 aliphatic carbocycles. The second kappa shape index (κ2) is 9.96. The van der Waals surface area contributed by atoms with Gasteiger partial charge in [-0.25, -0.2) is 4.57 Å². The van der Waals surface area contributed by atoms with Crippen LogP contribution in [0.1, 0.15) is 34.6 Å². The standard InChI is InChI=1S/C26H26N4O6/c1-4-36-25(16-10-6-8-12-20(16)31)29(3)24(34)18-13-17(21(32)14-22(18)33)23-27-28-26(35)30(23)19-11-7-5-9-15(19)2/h5-14,25,31-33H,4H2,1-3H3,(H,28,35). The van der Waals surface area contributed by atoms with E-state index in [9.17, 15) is 25.2 Å². The van der Waals surface area contributed by atoms with Gasteiger partial charge in [0, 0.05) is 25.3 Å². The number of benzene rings is 3. The SMILES string of the molecule is CCOC(c1ccccc1O)N(C)C(=O)c1cc(-c2nnc(O)n2-c2ccccc2C)c(O)cc1O. The summed E-state index contributed by atoms with van der Waals surface area (Å²) in [6.07, 6.45) is -0.944. The number of nitrogens with zero attached hydrogens (tertiary/aromatic N) is 4. The molecule has 0 radical (unpaired) electrons. The fourth-order valence-corrected chi connectivity index (χ4v) is 3.98. The summed E-state index contributed by atoms with van der Waals surface area (Å²) in [4.78, 5) is 14.7. The van der Waals surface area contributed by atoms with Crippen molar-refractivity contribution in [2.75, 3.05) is 13.7 Å². The van der Waals surface area contributed by atoms with E-state index in [4.69, 9.17) is 4.74 Å². The first kappa shape index (κ1) is 24.6. The van der Waals surface area contributed by atoms with E-state index in [1.165, 1.54) is 28.6 Å². The van der Waals surface area contributed by atoms with Gasteiger partial charge < -0.3 is 30.1 Å². The third kappa shape index (κ3) is 4.41. The van der Waals surface area contributed by atoms with Gasteiger partial charge in [-0.1, -0.05) is 41.5 Å². The largest absolute Gasteiger partial charge is 0.507 e. The molecule has 186 valence electrons. The predicted molar refractivity (Wildman–Crippen MR) is 131 cm³/mol. The first-order valence-corrected chi connectivity index (χ1v) is 11.2. The highest BCUT2D eigenvalue weighted by Crippen LogP contribution is 2.38. The van der Waals surface area contributed by atoms with Gasteiger partial charge in [-0.15, -0.1) is 5.10 Å². The van der Waals surface area contributed by atoms with Crippen molar-refractivity contribution in [1.29, 1.82) is 0 Å². The minimum atomic E-state index is -0.944. The van der Waals surface area contributed by atoms with Crippen LogP contribution >= 0.6 is 0 Å². The number of para-hydroxylation sites is 2. The van der Waals surface area contributed by atoms with Crippen LogP contribution in [-0.4, -0.2) is 59.7 Å². The number of phenols is 3. The first-order chi connectivity index (χ1) is 17.2. The minimum absolute atomic E-state index is 0.0481. The molecule has 0 fully saturated rings. The number of rotatable bonds is 7. The van der Waals surface area contributed by atoms with Gasteiger partial charge in [0.15, 0.2) is 12.1 Å². The van der Waals surface area contributed by atoms with E-state index >= 15 is 0 Å². The van der Waals surface area contributed by atoms with Crippen molar-refractivity contribution in [3.05, 3.63) is 77.4 Å². The zero-order chi connectivity index (χ0) is 26.0. The van der Waals surface area contributed by atoms with Gasteiger partial charge in [0.2, 0.25) is 0 Å². The van der Waals surface area contributed by atoms with E-state index in [2.05, 4.69) is 10.2 Å². The quantitative estimate of drug-likeness (QED) is 0.286. The maximum absolute atomic E-state index is 13.5. The fourth-order valence-electron chi connectivity index (χ4n) is 3.98. The lowest BCUT2D eigenvalue weighted by atomic mass is 10.0. The molecule has 0 saturated carbocycles. The molecule has 0 spiro atoms. The van der Waals surface area contributed by atoms with Gasteiger partial charge in [0.05, 0.1) is 16.8 Å². The molecule has 1 atom stereocenters. The van der Waals surface area contributed by atoms with Gasteiger partial charge in [-0.05, 0) is 37.6 Å². The number of aryl methyl sites for hydroxylation is 1. The van der Waals surface area contributed by atoms with Crippen molar-refractivity contribution in [1.82, 2.24) is 19.7 Å². The van der Waals surface area contributed by atoms with Gasteiger partial charge in [-0.3, -0.25) is 4.79 Å². The lowest BCUT2D eigenvalue weighted by Crippen LogP contribution is -2.33. The number of carbonyl (C=O) groups excluding carboxylic acids is 1. The summed E-state index contributed by atoms with van der Waals surface area (Å²) in [6.45, 7) is 3.85. The Bertz CT molecular complexity index is 1420. The zero-order valence-electron chi connectivity index (χ0n) is 20.0. The normalized spacial score (nSPS) is 11.9. The van der Waals surface area contributed by atoms with Gasteiger partial charge in [-0.2, -0.15) is 0 Å². The average Bonchev–Trinajstić information content (AvgIpc) is 3.23. The Morgan fingerprint density at radius 3 is 2.36 bits per heavy atom. The molecule has 1 unspecified atom stereocenters. The number of ether oxygens (including phenoxy) is 1. The molecule has 36 heavy (non-hydrogen) atoms. The van der Waals surface area contributed by atoms with Crippen LogP contribution in [0.15, 0.2) is 60.7 Å². The number of hydrogen-bond donors (Lipinski definition) is 4. The number of hydrogen-bond acceptors (Lipinski definition) is 8. The molecule has 4 N–H and O–H groups in total. The average molecular weight is 491 g/mol. The summed E-state index contributed by atoms with van der Waals surface area (Å²) < 4.78 is 7.08. The second-order valence-electron chi connectivity index (χ2n) is 8.11. The number of phenolic OH excluding ortho intramolecular Hbond substituents is 3. The maximum Gasteiger partial charge on any atom is 0.319 e. The summed E-state index contributed by atoms with van der Waals surface area (Å²) in [6, 6.07) is 15.6. The summed E-state index contributed by atoms with van der Waals surface area (Å²) in [5.41, 5.74) is 1.67. The van der Waals surface area contributed by atoms with Gasteiger partial charge in [0.1, 0.15) is 17.2 Å². The Balaban J connectivity index is 1.80. The molecule has 10 heteroatoms. The minimum Gasteiger partial charge on any atom is -0.507 e. The predicted octanol–water partition coefficient (Wildman–Crippen LogP) is 3.87. The van der Waals surface area contributed by atoms with Crippen LogP contribution in [0.5, 0.6) is 23.3 Å². The number of amides is 1. The summed E-state index contributed by atoms with van der Waals surface area (Å²) >= 11 is 0. The molecule has 1 aromatic heterocycles. The van der Waals surface area contributed by atoms with Crippen LogP contribution in [0.25, 0.3) is 17.1 Å². The summed E-state index contributed by atoms with van der Waals surface area (Å²) in [5.74, 6) is -1.45. The molecule has 10 nitrogen and oxygen atoms in total. The molecule has 4 aromatic rings. The fraction of sp³-hybridized carbons (Fsp3) is 0.192. The third-order valence-electron chi connectivity index (χ3n) is 5.79. The van der Waals surface area contributed by atoms with Crippen LogP contribution in [0.2, 0.25) is 0 Å². The first-order valence-electron chi connectivity index (χ1n) is 11.2. The second-order valence-corrected chi connectivity index (χ2v) is 8.11. The topological polar surface area (TPSA) is 141 Å². The van der Waals surface area contributed by atoms with Crippen molar-refractivity contribution >= 4 is 5.91 Å². The molecule has 0 aliphatic heterocycles. The van der Waals surface area contributed by atoms with E-state index in [0.29, 0.717) is 11.3 Å². The number of aromatic nitrogens is 3. The molecular formula is C26H26N4O6. The van der Waals surface area contributed by atoms with Crippen molar-refractivity contribution < 1.29 is 30.0 Å². The summed E-state index contributed by atoms with van der Waals surface area (Å²) in [7, 11) is 1.47. The highest BCUT2D eigenvalue weighted by Gasteiger charge is 2.29. The molecule has 0 saturated heterocycles. The molecule has 4 rings (SSSR count). The van der Waals surface area contributed by atoms with E-state index < -0.39 is 23.9 Å². The van der Waals surface area contributed by atoms with Crippen LogP contribution < -0.4 is 0 Å².